The van der Waals surface area contributed by atoms with E-state index in [-0.39, 0.29) is 12.2 Å². The van der Waals surface area contributed by atoms with Gasteiger partial charge in [-0.2, -0.15) is 0 Å². The van der Waals surface area contributed by atoms with Gasteiger partial charge in [0.05, 0.1) is 12.8 Å². The van der Waals surface area contributed by atoms with Crippen molar-refractivity contribution in [2.75, 3.05) is 12.8 Å². The minimum atomic E-state index is -1.06. The molecule has 0 saturated carbocycles. The van der Waals surface area contributed by atoms with Gasteiger partial charge in [0.2, 0.25) is 0 Å². The van der Waals surface area contributed by atoms with E-state index >= 15 is 0 Å². The van der Waals surface area contributed by atoms with Crippen LogP contribution >= 0.6 is 0 Å². The molecule has 0 aliphatic heterocycles. The van der Waals surface area contributed by atoms with Crippen LogP contribution in [0.3, 0.4) is 0 Å². The van der Waals surface area contributed by atoms with Crippen LogP contribution in [0.2, 0.25) is 0 Å². The maximum Gasteiger partial charge on any atom is 0.257 e. The van der Waals surface area contributed by atoms with Crippen molar-refractivity contribution in [3.8, 4) is 5.75 Å². The molecule has 0 unspecified atom stereocenters. The van der Waals surface area contributed by atoms with Crippen molar-refractivity contribution in [3.63, 3.8) is 0 Å². The minimum absolute atomic E-state index is 0.115. The number of amides is 1. The maximum absolute atomic E-state index is 13.7. The van der Waals surface area contributed by atoms with Crippen molar-refractivity contribution < 1.29 is 18.3 Å². The molecule has 3 N–H and O–H groups in total. The van der Waals surface area contributed by atoms with Crippen LogP contribution < -0.4 is 15.8 Å². The van der Waals surface area contributed by atoms with Gasteiger partial charge in [0.25, 0.3) is 5.91 Å². The van der Waals surface area contributed by atoms with Gasteiger partial charge in [-0.25, -0.2) is 8.78 Å². The molecular weight excluding hydrogens is 278 g/mol. The lowest BCUT2D eigenvalue weighted by Gasteiger charge is -2.09. The van der Waals surface area contributed by atoms with Gasteiger partial charge in [-0.05, 0) is 29.8 Å². The third-order valence-electron chi connectivity index (χ3n) is 2.94. The van der Waals surface area contributed by atoms with Crippen LogP contribution in [0.25, 0.3) is 0 Å². The highest BCUT2D eigenvalue weighted by molar-refractivity contribution is 5.95. The third kappa shape index (κ3) is 3.28. The molecule has 0 bridgehead atoms. The van der Waals surface area contributed by atoms with Crippen molar-refractivity contribution in [3.05, 3.63) is 59.2 Å². The molecule has 21 heavy (non-hydrogen) atoms. The fourth-order valence-electron chi connectivity index (χ4n) is 1.83. The lowest BCUT2D eigenvalue weighted by Crippen LogP contribution is -2.25. The topological polar surface area (TPSA) is 64.3 Å². The van der Waals surface area contributed by atoms with Crippen LogP contribution in [0.15, 0.2) is 36.4 Å². The number of nitrogens with one attached hydrogen (secondary N) is 1. The Morgan fingerprint density at radius 1 is 1.29 bits per heavy atom. The smallest absolute Gasteiger partial charge is 0.257 e. The summed E-state index contributed by atoms with van der Waals surface area (Å²) in [5.41, 5.74) is 5.12. The maximum atomic E-state index is 13.7. The summed E-state index contributed by atoms with van der Waals surface area (Å²) in [6.45, 7) is 0.115. The van der Waals surface area contributed by atoms with Gasteiger partial charge < -0.3 is 15.8 Å². The Bertz CT molecular complexity index is 675. The summed E-state index contributed by atoms with van der Waals surface area (Å²) in [6.07, 6.45) is 0. The first-order valence-electron chi connectivity index (χ1n) is 6.17. The van der Waals surface area contributed by atoms with Gasteiger partial charge in [-0.1, -0.05) is 12.1 Å². The summed E-state index contributed by atoms with van der Waals surface area (Å²) < 4.78 is 32.3. The molecule has 0 aromatic heterocycles. The van der Waals surface area contributed by atoms with E-state index in [4.69, 9.17) is 10.5 Å². The Hall–Kier alpha value is -2.63. The monoisotopic (exact) mass is 292 g/mol. The number of anilines is 1. The lowest BCUT2D eigenvalue weighted by molar-refractivity contribution is 0.0942. The van der Waals surface area contributed by atoms with Crippen molar-refractivity contribution >= 4 is 11.6 Å². The SMILES string of the molecule is COc1cccc(CNC(=O)c2c(F)ccc(N)c2F)c1. The number of hydrogen-bond acceptors (Lipinski definition) is 3. The van der Waals surface area contributed by atoms with E-state index in [1.54, 1.807) is 24.3 Å². The average Bonchev–Trinajstić information content (AvgIpc) is 2.49. The zero-order valence-electron chi connectivity index (χ0n) is 11.3. The molecule has 0 saturated heterocycles. The molecular formula is C15H14F2N2O2. The highest BCUT2D eigenvalue weighted by Gasteiger charge is 2.19. The molecule has 0 aliphatic carbocycles. The average molecular weight is 292 g/mol. The fraction of sp³-hybridized carbons (Fsp3) is 0.133. The number of nitrogens with two attached hydrogens (primary N) is 1. The number of rotatable bonds is 4. The summed E-state index contributed by atoms with van der Waals surface area (Å²) in [5.74, 6) is -2.24. The van der Waals surface area contributed by atoms with E-state index < -0.39 is 23.1 Å². The zero-order chi connectivity index (χ0) is 15.4. The molecule has 0 heterocycles. The highest BCUT2D eigenvalue weighted by Crippen LogP contribution is 2.19. The lowest BCUT2D eigenvalue weighted by atomic mass is 10.1. The van der Waals surface area contributed by atoms with Crippen LogP contribution in [-0.4, -0.2) is 13.0 Å². The van der Waals surface area contributed by atoms with E-state index in [9.17, 15) is 13.6 Å². The van der Waals surface area contributed by atoms with Gasteiger partial charge in [0, 0.05) is 6.54 Å². The number of halogens is 2. The number of carbonyl (C=O) groups is 1. The minimum Gasteiger partial charge on any atom is -0.497 e. The molecule has 110 valence electrons. The molecule has 1 amide bonds. The number of hydrogen-bond donors (Lipinski definition) is 2. The second kappa shape index (κ2) is 6.21. The first-order chi connectivity index (χ1) is 10.0. The number of carbonyl (C=O) groups excluding carboxylic acids is 1. The van der Waals surface area contributed by atoms with Gasteiger partial charge in [-0.3, -0.25) is 4.79 Å². The van der Waals surface area contributed by atoms with E-state index in [0.717, 1.165) is 17.7 Å². The highest BCUT2D eigenvalue weighted by atomic mass is 19.1. The fourth-order valence-corrected chi connectivity index (χ4v) is 1.83. The van der Waals surface area contributed by atoms with Crippen molar-refractivity contribution in [1.29, 1.82) is 0 Å². The molecule has 6 heteroatoms. The second-order valence-corrected chi connectivity index (χ2v) is 4.36. The van der Waals surface area contributed by atoms with Crippen LogP contribution in [0.4, 0.5) is 14.5 Å². The Labute approximate surface area is 120 Å². The van der Waals surface area contributed by atoms with E-state index in [1.807, 2.05) is 0 Å². The molecule has 4 nitrogen and oxygen atoms in total. The van der Waals surface area contributed by atoms with E-state index in [0.29, 0.717) is 5.75 Å². The van der Waals surface area contributed by atoms with Crippen LogP contribution in [-0.2, 0) is 6.54 Å². The number of nitrogen functional groups attached to an aromatic ring is 1. The van der Waals surface area contributed by atoms with E-state index in [2.05, 4.69) is 5.32 Å². The van der Waals surface area contributed by atoms with Gasteiger partial charge >= 0.3 is 0 Å². The van der Waals surface area contributed by atoms with Crippen LogP contribution in [0, 0.1) is 11.6 Å². The Balaban J connectivity index is 2.14. The predicted octanol–water partition coefficient (Wildman–Crippen LogP) is 2.49. The standard InChI is InChI=1S/C15H14F2N2O2/c1-21-10-4-2-3-9(7-10)8-19-15(20)13-11(16)5-6-12(18)14(13)17/h2-7H,8,18H2,1H3,(H,19,20). The molecule has 2 rings (SSSR count). The molecule has 0 radical (unpaired) electrons. The van der Waals surface area contributed by atoms with Gasteiger partial charge in [-0.15, -0.1) is 0 Å². The molecule has 0 atom stereocenters. The summed E-state index contributed by atoms with van der Waals surface area (Å²) >= 11 is 0. The quantitative estimate of drug-likeness (QED) is 0.851. The molecule has 2 aromatic rings. The summed E-state index contributed by atoms with van der Waals surface area (Å²) in [6, 6.07) is 9.01. The van der Waals surface area contributed by atoms with Crippen molar-refractivity contribution in [1.82, 2.24) is 5.32 Å². The molecule has 0 fully saturated rings. The van der Waals surface area contributed by atoms with Gasteiger partial charge in [0.1, 0.15) is 17.1 Å². The molecule has 0 aliphatic rings. The third-order valence-corrected chi connectivity index (χ3v) is 2.94. The second-order valence-electron chi connectivity index (χ2n) is 4.36. The van der Waals surface area contributed by atoms with E-state index in [1.165, 1.54) is 7.11 Å². The normalized spacial score (nSPS) is 10.2. The predicted molar refractivity (Wildman–Crippen MR) is 74.9 cm³/mol. The molecule has 0 spiro atoms. The van der Waals surface area contributed by atoms with Gasteiger partial charge in [0.15, 0.2) is 5.82 Å². The summed E-state index contributed by atoms with van der Waals surface area (Å²) in [5, 5.41) is 2.45. The summed E-state index contributed by atoms with van der Waals surface area (Å²) in [4.78, 5) is 11.9. The van der Waals surface area contributed by atoms with Crippen LogP contribution in [0.5, 0.6) is 5.75 Å². The molecule has 2 aromatic carbocycles. The van der Waals surface area contributed by atoms with Crippen molar-refractivity contribution in [2.24, 2.45) is 0 Å². The van der Waals surface area contributed by atoms with Crippen molar-refractivity contribution in [2.45, 2.75) is 6.54 Å². The number of benzene rings is 2. The zero-order valence-corrected chi connectivity index (χ0v) is 11.3. The number of methoxy groups -OCH3 is 1. The van der Waals surface area contributed by atoms with Crippen LogP contribution in [0.1, 0.15) is 15.9 Å². The summed E-state index contributed by atoms with van der Waals surface area (Å²) in [7, 11) is 1.52. The Morgan fingerprint density at radius 2 is 2.05 bits per heavy atom. The number of ether oxygens (including phenoxy) is 1. The first kappa shape index (κ1) is 14.8. The Morgan fingerprint density at radius 3 is 2.76 bits per heavy atom. The Kier molecular flexibility index (Phi) is 4.37. The largest absolute Gasteiger partial charge is 0.497 e. The first-order valence-corrected chi connectivity index (χ1v) is 6.17.